The number of hydrogen-bond donors (Lipinski definition) is 2. The van der Waals surface area contributed by atoms with Crippen molar-refractivity contribution in [2.45, 2.75) is 19.0 Å². The number of methoxy groups -OCH3 is 1. The first kappa shape index (κ1) is 12.5. The predicted molar refractivity (Wildman–Crippen MR) is 62.4 cm³/mol. The molecule has 2 N–H and O–H groups in total. The number of nitrogens with one attached hydrogen (secondary N) is 2. The predicted octanol–water partition coefficient (Wildman–Crippen LogP) is 0.970. The van der Waals surface area contributed by atoms with Gasteiger partial charge < -0.3 is 10.1 Å². The van der Waals surface area contributed by atoms with Crippen molar-refractivity contribution < 1.29 is 18.7 Å². The van der Waals surface area contributed by atoms with E-state index in [9.17, 15) is 14.0 Å². The van der Waals surface area contributed by atoms with E-state index in [1.54, 1.807) is 6.92 Å². The van der Waals surface area contributed by atoms with Crippen LogP contribution in [-0.4, -0.2) is 25.0 Å². The van der Waals surface area contributed by atoms with E-state index >= 15 is 0 Å². The van der Waals surface area contributed by atoms with Crippen molar-refractivity contribution in [3.63, 3.8) is 0 Å². The summed E-state index contributed by atoms with van der Waals surface area (Å²) in [6.07, 6.45) is 0. The molecule has 96 valence electrons. The van der Waals surface area contributed by atoms with Gasteiger partial charge in [0.1, 0.15) is 17.9 Å². The van der Waals surface area contributed by atoms with Crippen molar-refractivity contribution in [2.24, 2.45) is 0 Å². The number of hydrogen-bond acceptors (Lipinski definition) is 4. The number of carbonyl (C=O) groups excluding carboxylic acids is 2. The highest BCUT2D eigenvalue weighted by atomic mass is 19.1. The molecule has 18 heavy (non-hydrogen) atoms. The first-order chi connectivity index (χ1) is 8.52. The van der Waals surface area contributed by atoms with Crippen molar-refractivity contribution in [3.8, 4) is 0 Å². The van der Waals surface area contributed by atoms with Gasteiger partial charge in [0, 0.05) is 11.3 Å². The van der Waals surface area contributed by atoms with Crippen LogP contribution in [0.5, 0.6) is 0 Å². The van der Waals surface area contributed by atoms with Crippen molar-refractivity contribution in [1.29, 1.82) is 0 Å². The molecule has 0 saturated heterocycles. The molecule has 0 saturated carbocycles. The van der Waals surface area contributed by atoms with Gasteiger partial charge in [-0.15, -0.1) is 0 Å². The number of ether oxygens (including phenoxy) is 1. The monoisotopic (exact) mass is 252 g/mol. The minimum Gasteiger partial charge on any atom is -0.468 e. The van der Waals surface area contributed by atoms with Gasteiger partial charge in [-0.25, -0.2) is 4.39 Å². The molecule has 0 aromatic heterocycles. The Hall–Kier alpha value is -1.95. The van der Waals surface area contributed by atoms with Gasteiger partial charge in [-0.2, -0.15) is 0 Å². The molecule has 0 aliphatic carbocycles. The number of anilines is 1. The third-order valence-electron chi connectivity index (χ3n) is 2.82. The number of benzene rings is 1. The fourth-order valence-corrected chi connectivity index (χ4v) is 1.89. The Kier molecular flexibility index (Phi) is 3.29. The number of amides is 1. The highest BCUT2D eigenvalue weighted by molar-refractivity contribution is 6.02. The van der Waals surface area contributed by atoms with Crippen LogP contribution >= 0.6 is 0 Å². The normalized spacial score (nSPS) is 19.1. The van der Waals surface area contributed by atoms with Gasteiger partial charge in [0.15, 0.2) is 0 Å². The molecule has 0 radical (unpaired) electrons. The van der Waals surface area contributed by atoms with Gasteiger partial charge in [-0.3, -0.25) is 14.9 Å². The minimum atomic E-state index is -0.672. The lowest BCUT2D eigenvalue weighted by atomic mass is 10.1. The van der Waals surface area contributed by atoms with Gasteiger partial charge in [0.25, 0.3) is 0 Å². The Morgan fingerprint density at radius 2 is 2.28 bits per heavy atom. The SMILES string of the molecule is COC(=O)[C@H](C)NC1C(=O)Nc2cc(F)ccc21. The average Bonchev–Trinajstić information content (AvgIpc) is 2.64. The van der Waals surface area contributed by atoms with Crippen LogP contribution in [0.3, 0.4) is 0 Å². The van der Waals surface area contributed by atoms with E-state index < -0.39 is 23.9 Å². The summed E-state index contributed by atoms with van der Waals surface area (Å²) in [7, 11) is 1.28. The Bertz CT molecular complexity index is 504. The van der Waals surface area contributed by atoms with E-state index in [1.165, 1.54) is 25.3 Å². The van der Waals surface area contributed by atoms with Crippen LogP contribution in [0.15, 0.2) is 18.2 Å². The maximum Gasteiger partial charge on any atom is 0.322 e. The zero-order valence-electron chi connectivity index (χ0n) is 9.99. The van der Waals surface area contributed by atoms with E-state index in [-0.39, 0.29) is 5.91 Å². The quantitative estimate of drug-likeness (QED) is 0.787. The standard InChI is InChI=1S/C12H13FN2O3/c1-6(12(17)18-2)14-10-8-4-3-7(13)5-9(8)15-11(10)16/h3-6,10,14H,1-2H3,(H,15,16)/t6-,10?/m0/s1. The van der Waals surface area contributed by atoms with Gasteiger partial charge in [-0.1, -0.05) is 6.07 Å². The molecular formula is C12H13FN2O3. The lowest BCUT2D eigenvalue weighted by Gasteiger charge is -2.16. The maximum atomic E-state index is 13.0. The third kappa shape index (κ3) is 2.19. The highest BCUT2D eigenvalue weighted by Crippen LogP contribution is 2.31. The second kappa shape index (κ2) is 4.73. The molecule has 1 unspecified atom stereocenters. The summed E-state index contributed by atoms with van der Waals surface area (Å²) in [5.41, 5.74) is 1.05. The summed E-state index contributed by atoms with van der Waals surface area (Å²) in [6.45, 7) is 1.60. The molecule has 1 aromatic rings. The summed E-state index contributed by atoms with van der Waals surface area (Å²) in [5.74, 6) is -1.19. The number of halogens is 1. The molecule has 2 rings (SSSR count). The molecule has 0 bridgehead atoms. The minimum absolute atomic E-state index is 0.314. The van der Waals surface area contributed by atoms with Crippen LogP contribution in [0, 0.1) is 5.82 Å². The van der Waals surface area contributed by atoms with Crippen LogP contribution in [0.4, 0.5) is 10.1 Å². The van der Waals surface area contributed by atoms with Crippen molar-refractivity contribution in [3.05, 3.63) is 29.6 Å². The molecule has 0 spiro atoms. The van der Waals surface area contributed by atoms with E-state index in [0.717, 1.165) is 0 Å². The van der Waals surface area contributed by atoms with Crippen molar-refractivity contribution >= 4 is 17.6 Å². The Balaban J connectivity index is 2.21. The van der Waals surface area contributed by atoms with E-state index in [0.29, 0.717) is 11.3 Å². The molecule has 1 amide bonds. The highest BCUT2D eigenvalue weighted by Gasteiger charge is 2.33. The lowest BCUT2D eigenvalue weighted by molar-refractivity contribution is -0.142. The van der Waals surface area contributed by atoms with Crippen molar-refractivity contribution in [1.82, 2.24) is 5.32 Å². The topological polar surface area (TPSA) is 67.4 Å². The second-order valence-corrected chi connectivity index (χ2v) is 4.07. The van der Waals surface area contributed by atoms with Crippen molar-refractivity contribution in [2.75, 3.05) is 12.4 Å². The largest absolute Gasteiger partial charge is 0.468 e. The fraction of sp³-hybridized carbons (Fsp3) is 0.333. The molecule has 2 atom stereocenters. The molecule has 1 heterocycles. The van der Waals surface area contributed by atoms with E-state index in [1.807, 2.05) is 0 Å². The smallest absolute Gasteiger partial charge is 0.322 e. The molecule has 1 aliphatic heterocycles. The molecular weight excluding hydrogens is 239 g/mol. The second-order valence-electron chi connectivity index (χ2n) is 4.07. The summed E-state index contributed by atoms with van der Waals surface area (Å²) in [6, 6.07) is 2.75. The number of fused-ring (bicyclic) bond motifs is 1. The zero-order chi connectivity index (χ0) is 13.3. The first-order valence-electron chi connectivity index (χ1n) is 5.47. The average molecular weight is 252 g/mol. The van der Waals surface area contributed by atoms with Crippen LogP contribution in [-0.2, 0) is 14.3 Å². The first-order valence-corrected chi connectivity index (χ1v) is 5.47. The van der Waals surface area contributed by atoms with E-state index in [2.05, 4.69) is 15.4 Å². The third-order valence-corrected chi connectivity index (χ3v) is 2.82. The summed E-state index contributed by atoms with van der Waals surface area (Å²) in [4.78, 5) is 23.0. The van der Waals surface area contributed by atoms with Gasteiger partial charge >= 0.3 is 5.97 Å². The maximum absolute atomic E-state index is 13.0. The number of rotatable bonds is 3. The molecule has 5 nitrogen and oxygen atoms in total. The number of carbonyl (C=O) groups is 2. The van der Waals surface area contributed by atoms with Crippen LogP contribution in [0.1, 0.15) is 18.5 Å². The van der Waals surface area contributed by atoms with Gasteiger partial charge in [0.2, 0.25) is 5.91 Å². The van der Waals surface area contributed by atoms with Crippen LogP contribution in [0.2, 0.25) is 0 Å². The summed E-state index contributed by atoms with van der Waals surface area (Å²) >= 11 is 0. The Morgan fingerprint density at radius 1 is 1.56 bits per heavy atom. The van der Waals surface area contributed by atoms with E-state index in [4.69, 9.17) is 0 Å². The lowest BCUT2D eigenvalue weighted by Crippen LogP contribution is -2.40. The summed E-state index contributed by atoms with van der Waals surface area (Å²) < 4.78 is 17.6. The van der Waals surface area contributed by atoms with Crippen LogP contribution < -0.4 is 10.6 Å². The molecule has 6 heteroatoms. The Labute approximate surface area is 103 Å². The fourth-order valence-electron chi connectivity index (χ4n) is 1.89. The molecule has 1 aliphatic rings. The summed E-state index contributed by atoms with van der Waals surface area (Å²) in [5, 5.41) is 5.40. The van der Waals surface area contributed by atoms with Crippen LogP contribution in [0.25, 0.3) is 0 Å². The van der Waals surface area contributed by atoms with Gasteiger partial charge in [0.05, 0.1) is 7.11 Å². The molecule has 0 fully saturated rings. The zero-order valence-corrected chi connectivity index (χ0v) is 9.99. The van der Waals surface area contributed by atoms with Gasteiger partial charge in [-0.05, 0) is 19.1 Å². The Morgan fingerprint density at radius 3 is 2.94 bits per heavy atom. The molecule has 1 aromatic carbocycles. The number of esters is 1.